The lowest BCUT2D eigenvalue weighted by molar-refractivity contribution is -0.119. The number of amides is 2. The number of carbonyl (C=O) groups excluding carboxylic acids is 2. The summed E-state index contributed by atoms with van der Waals surface area (Å²) in [6.07, 6.45) is 8.44. The van der Waals surface area contributed by atoms with Crippen molar-refractivity contribution >= 4 is 29.1 Å². The van der Waals surface area contributed by atoms with Crippen LogP contribution >= 0.6 is 11.6 Å². The highest BCUT2D eigenvalue weighted by molar-refractivity contribution is 6.30. The predicted octanol–water partition coefficient (Wildman–Crippen LogP) is 5.37. The minimum absolute atomic E-state index is 0.0677. The van der Waals surface area contributed by atoms with E-state index in [1.54, 1.807) is 0 Å². The molecule has 1 aromatic carbocycles. The number of benzene rings is 1. The van der Waals surface area contributed by atoms with Crippen LogP contribution in [0.3, 0.4) is 0 Å². The second-order valence-corrected chi connectivity index (χ2v) is 7.35. The van der Waals surface area contributed by atoms with Crippen molar-refractivity contribution in [1.29, 1.82) is 0 Å². The quantitative estimate of drug-likeness (QED) is 0.553. The summed E-state index contributed by atoms with van der Waals surface area (Å²) in [5.74, 6) is -1.18. The number of halogens is 2. The molecule has 0 bridgehead atoms. The third-order valence-corrected chi connectivity index (χ3v) is 5.00. The van der Waals surface area contributed by atoms with E-state index in [-0.39, 0.29) is 16.6 Å². The van der Waals surface area contributed by atoms with E-state index in [1.807, 2.05) is 0 Å². The summed E-state index contributed by atoms with van der Waals surface area (Å²) < 4.78 is 13.9. The zero-order valence-electron chi connectivity index (χ0n) is 15.9. The molecule has 2 rings (SSSR count). The molecule has 0 atom stereocenters. The van der Waals surface area contributed by atoms with E-state index in [4.69, 9.17) is 11.6 Å². The van der Waals surface area contributed by atoms with E-state index in [2.05, 4.69) is 17.6 Å². The van der Waals surface area contributed by atoms with Gasteiger partial charge < -0.3 is 10.6 Å². The summed E-state index contributed by atoms with van der Waals surface area (Å²) >= 11 is 5.74. The van der Waals surface area contributed by atoms with Gasteiger partial charge in [0.1, 0.15) is 5.82 Å². The van der Waals surface area contributed by atoms with Crippen LogP contribution in [0, 0.1) is 5.82 Å². The van der Waals surface area contributed by atoms with Gasteiger partial charge in [-0.15, -0.1) is 0 Å². The molecule has 27 heavy (non-hydrogen) atoms. The van der Waals surface area contributed by atoms with Crippen LogP contribution in [0.15, 0.2) is 29.3 Å². The van der Waals surface area contributed by atoms with Gasteiger partial charge >= 0.3 is 0 Å². The van der Waals surface area contributed by atoms with E-state index in [1.165, 1.54) is 31.4 Å². The van der Waals surface area contributed by atoms with Gasteiger partial charge in [-0.2, -0.15) is 0 Å². The Labute approximate surface area is 165 Å². The molecule has 0 aromatic heterocycles. The molecule has 148 valence electrons. The SMILES string of the molecule is CCCCCCCNC(=O)C1=C(C(=O)Nc2ccc(Cl)cc2F)CCCC1. The number of hydrogen-bond donors (Lipinski definition) is 2. The topological polar surface area (TPSA) is 58.2 Å². The molecule has 1 aliphatic rings. The Hall–Kier alpha value is -1.88. The van der Waals surface area contributed by atoms with Crippen LogP contribution in [0.4, 0.5) is 10.1 Å². The minimum Gasteiger partial charge on any atom is -0.352 e. The van der Waals surface area contributed by atoms with Crippen LogP contribution in [0.5, 0.6) is 0 Å². The molecule has 0 saturated carbocycles. The molecule has 2 amide bonds. The van der Waals surface area contributed by atoms with Gasteiger partial charge in [0.2, 0.25) is 5.91 Å². The third-order valence-electron chi connectivity index (χ3n) is 4.76. The summed E-state index contributed by atoms with van der Waals surface area (Å²) in [4.78, 5) is 25.1. The number of anilines is 1. The first-order valence-electron chi connectivity index (χ1n) is 9.79. The Bertz CT molecular complexity index is 703. The Balaban J connectivity index is 1.99. The molecule has 0 heterocycles. The van der Waals surface area contributed by atoms with Gasteiger partial charge in [0.25, 0.3) is 5.91 Å². The van der Waals surface area contributed by atoms with Crippen molar-refractivity contribution in [3.63, 3.8) is 0 Å². The summed E-state index contributed by atoms with van der Waals surface area (Å²) in [6, 6.07) is 4.09. The lowest BCUT2D eigenvalue weighted by atomic mass is 9.90. The van der Waals surface area contributed by atoms with E-state index >= 15 is 0 Å². The number of unbranched alkanes of at least 4 members (excludes halogenated alkanes) is 4. The molecule has 4 nitrogen and oxygen atoms in total. The molecule has 0 fully saturated rings. The van der Waals surface area contributed by atoms with Crippen molar-refractivity contribution < 1.29 is 14.0 Å². The molecular formula is C21H28ClFN2O2. The van der Waals surface area contributed by atoms with Gasteiger partial charge in [0, 0.05) is 22.7 Å². The smallest absolute Gasteiger partial charge is 0.252 e. The fourth-order valence-electron chi connectivity index (χ4n) is 3.23. The van der Waals surface area contributed by atoms with Crippen LogP contribution in [-0.4, -0.2) is 18.4 Å². The lowest BCUT2D eigenvalue weighted by Gasteiger charge is -2.20. The predicted molar refractivity (Wildman–Crippen MR) is 107 cm³/mol. The van der Waals surface area contributed by atoms with Crippen LogP contribution in [0.2, 0.25) is 5.02 Å². The third kappa shape index (κ3) is 6.65. The van der Waals surface area contributed by atoms with E-state index in [0.717, 1.165) is 31.7 Å². The number of carbonyl (C=O) groups is 2. The maximum Gasteiger partial charge on any atom is 0.252 e. The van der Waals surface area contributed by atoms with Crippen molar-refractivity contribution in [2.75, 3.05) is 11.9 Å². The average Bonchev–Trinajstić information content (AvgIpc) is 2.66. The summed E-state index contributed by atoms with van der Waals surface area (Å²) in [5, 5.41) is 5.77. The summed E-state index contributed by atoms with van der Waals surface area (Å²) in [5.41, 5.74) is 1.05. The maximum absolute atomic E-state index is 13.9. The van der Waals surface area contributed by atoms with Gasteiger partial charge in [-0.3, -0.25) is 9.59 Å². The Morgan fingerprint density at radius 1 is 1.04 bits per heavy atom. The monoisotopic (exact) mass is 394 g/mol. The number of rotatable bonds is 9. The minimum atomic E-state index is -0.592. The molecule has 1 aromatic rings. The Kier molecular flexibility index (Phi) is 8.79. The van der Waals surface area contributed by atoms with Crippen LogP contribution in [-0.2, 0) is 9.59 Å². The van der Waals surface area contributed by atoms with Gasteiger partial charge in [0.15, 0.2) is 0 Å². The highest BCUT2D eigenvalue weighted by Gasteiger charge is 2.24. The zero-order valence-corrected chi connectivity index (χ0v) is 16.6. The highest BCUT2D eigenvalue weighted by atomic mass is 35.5. The van der Waals surface area contributed by atoms with Crippen molar-refractivity contribution in [2.24, 2.45) is 0 Å². The van der Waals surface area contributed by atoms with Gasteiger partial charge in [-0.05, 0) is 50.3 Å². The molecule has 1 aliphatic carbocycles. The summed E-state index contributed by atoms with van der Waals surface area (Å²) in [6.45, 7) is 2.78. The normalized spacial score (nSPS) is 14.2. The van der Waals surface area contributed by atoms with Gasteiger partial charge in [0.05, 0.1) is 5.69 Å². The van der Waals surface area contributed by atoms with Crippen molar-refractivity contribution in [3.8, 4) is 0 Å². The standard InChI is InChI=1S/C21H28ClFN2O2/c1-2-3-4-5-8-13-24-20(26)16-9-6-7-10-17(16)21(27)25-19-12-11-15(22)14-18(19)23/h11-12,14H,2-10,13H2,1H3,(H,24,26)(H,25,27). The fourth-order valence-corrected chi connectivity index (χ4v) is 3.39. The lowest BCUT2D eigenvalue weighted by Crippen LogP contribution is -2.30. The largest absolute Gasteiger partial charge is 0.352 e. The molecule has 0 radical (unpaired) electrons. The molecule has 0 aliphatic heterocycles. The van der Waals surface area contributed by atoms with E-state index < -0.39 is 11.7 Å². The molecule has 0 unspecified atom stereocenters. The Morgan fingerprint density at radius 2 is 1.70 bits per heavy atom. The molecule has 2 N–H and O–H groups in total. The van der Waals surface area contributed by atoms with E-state index in [0.29, 0.717) is 30.5 Å². The maximum atomic E-state index is 13.9. The first-order valence-corrected chi connectivity index (χ1v) is 10.2. The number of nitrogens with one attached hydrogen (secondary N) is 2. The molecule has 6 heteroatoms. The first kappa shape index (κ1) is 21.4. The van der Waals surface area contributed by atoms with Gasteiger partial charge in [-0.1, -0.05) is 44.2 Å². The van der Waals surface area contributed by atoms with Crippen LogP contribution < -0.4 is 10.6 Å². The van der Waals surface area contributed by atoms with Gasteiger partial charge in [-0.25, -0.2) is 4.39 Å². The van der Waals surface area contributed by atoms with Crippen molar-refractivity contribution in [2.45, 2.75) is 64.7 Å². The average molecular weight is 395 g/mol. The second-order valence-electron chi connectivity index (χ2n) is 6.91. The zero-order chi connectivity index (χ0) is 19.6. The van der Waals surface area contributed by atoms with Crippen molar-refractivity contribution in [1.82, 2.24) is 5.32 Å². The molecule has 0 saturated heterocycles. The second kappa shape index (κ2) is 11.1. The van der Waals surface area contributed by atoms with Crippen LogP contribution in [0.1, 0.15) is 64.7 Å². The highest BCUT2D eigenvalue weighted by Crippen LogP contribution is 2.27. The molecular weight excluding hydrogens is 367 g/mol. The van der Waals surface area contributed by atoms with Crippen LogP contribution in [0.25, 0.3) is 0 Å². The summed E-state index contributed by atoms with van der Waals surface area (Å²) in [7, 11) is 0. The first-order chi connectivity index (χ1) is 13.0. The Morgan fingerprint density at radius 3 is 2.37 bits per heavy atom. The molecule has 0 spiro atoms. The van der Waals surface area contributed by atoms with Crippen molar-refractivity contribution in [3.05, 3.63) is 40.2 Å². The fraction of sp³-hybridized carbons (Fsp3) is 0.524. The number of hydrogen-bond acceptors (Lipinski definition) is 2. The van der Waals surface area contributed by atoms with E-state index in [9.17, 15) is 14.0 Å².